The summed E-state index contributed by atoms with van der Waals surface area (Å²) in [6.45, 7) is 2.85. The van der Waals surface area contributed by atoms with E-state index in [2.05, 4.69) is 11.2 Å². The van der Waals surface area contributed by atoms with E-state index in [9.17, 15) is 9.90 Å². The van der Waals surface area contributed by atoms with Crippen molar-refractivity contribution in [3.05, 3.63) is 41.6 Å². The Hall–Kier alpha value is -2.14. The smallest absolute Gasteiger partial charge is 0.328 e. The molecule has 110 valence electrons. The summed E-state index contributed by atoms with van der Waals surface area (Å²) < 4.78 is 1.93. The van der Waals surface area contributed by atoms with Crippen LogP contribution in [-0.4, -0.2) is 20.9 Å². The number of carbonyl (C=O) groups is 1. The van der Waals surface area contributed by atoms with Gasteiger partial charge in [0.15, 0.2) is 0 Å². The highest BCUT2D eigenvalue weighted by Crippen LogP contribution is 2.35. The van der Waals surface area contributed by atoms with Gasteiger partial charge >= 0.3 is 5.97 Å². The Morgan fingerprint density at radius 2 is 2.29 bits per heavy atom. The van der Waals surface area contributed by atoms with Crippen LogP contribution in [0.3, 0.4) is 0 Å². The lowest BCUT2D eigenvalue weighted by molar-refractivity contribution is -0.144. The Kier molecular flexibility index (Phi) is 3.29. The minimum Gasteiger partial charge on any atom is -0.480 e. The Balaban J connectivity index is 2.09. The highest BCUT2D eigenvalue weighted by atomic mass is 16.4. The van der Waals surface area contributed by atoms with E-state index >= 15 is 0 Å². The van der Waals surface area contributed by atoms with Crippen molar-refractivity contribution in [2.24, 2.45) is 5.73 Å². The minimum atomic E-state index is -1.25. The molecule has 1 atom stereocenters. The number of aliphatic carboxylic acids is 1. The minimum absolute atomic E-state index is 0.488. The van der Waals surface area contributed by atoms with Crippen LogP contribution in [0.25, 0.3) is 11.3 Å². The summed E-state index contributed by atoms with van der Waals surface area (Å²) in [7, 11) is 0. The van der Waals surface area contributed by atoms with Crippen molar-refractivity contribution < 1.29 is 9.90 Å². The van der Waals surface area contributed by atoms with Gasteiger partial charge in [-0.3, -0.25) is 4.68 Å². The van der Waals surface area contributed by atoms with Crippen LogP contribution in [0, 0.1) is 0 Å². The highest BCUT2D eigenvalue weighted by Gasteiger charge is 2.39. The molecule has 0 radical (unpaired) electrons. The summed E-state index contributed by atoms with van der Waals surface area (Å²) in [6, 6.07) is 7.84. The molecule has 1 aromatic heterocycles. The topological polar surface area (TPSA) is 81.1 Å². The predicted octanol–water partition coefficient (Wildman–Crippen LogP) is 2.14. The number of aromatic nitrogens is 2. The second-order valence-electron chi connectivity index (χ2n) is 5.53. The van der Waals surface area contributed by atoms with E-state index < -0.39 is 11.5 Å². The number of benzene rings is 1. The van der Waals surface area contributed by atoms with Crippen molar-refractivity contribution in [2.75, 3.05) is 0 Å². The third-order valence-electron chi connectivity index (χ3n) is 4.30. The Labute approximate surface area is 123 Å². The van der Waals surface area contributed by atoms with Gasteiger partial charge in [-0.15, -0.1) is 0 Å². The molecular weight excluding hydrogens is 266 g/mol. The maximum atomic E-state index is 11.5. The summed E-state index contributed by atoms with van der Waals surface area (Å²) in [6.07, 6.45) is 3.94. The van der Waals surface area contributed by atoms with Gasteiger partial charge < -0.3 is 10.8 Å². The molecule has 0 fully saturated rings. The number of rotatable bonds is 3. The van der Waals surface area contributed by atoms with Crippen LogP contribution < -0.4 is 5.73 Å². The maximum Gasteiger partial charge on any atom is 0.328 e. The number of hydrogen-bond donors (Lipinski definition) is 2. The number of carboxylic acids is 1. The molecule has 0 spiro atoms. The average molecular weight is 285 g/mol. The van der Waals surface area contributed by atoms with Gasteiger partial charge in [0, 0.05) is 18.3 Å². The highest BCUT2D eigenvalue weighted by molar-refractivity contribution is 5.82. The van der Waals surface area contributed by atoms with E-state index in [1.165, 1.54) is 0 Å². The van der Waals surface area contributed by atoms with Crippen LogP contribution >= 0.6 is 0 Å². The van der Waals surface area contributed by atoms with Crippen LogP contribution in [0.4, 0.5) is 0 Å². The van der Waals surface area contributed by atoms with Crippen molar-refractivity contribution in [2.45, 2.75) is 38.3 Å². The first-order valence-electron chi connectivity index (χ1n) is 7.24. The number of fused-ring (bicyclic) bond motifs is 1. The molecular formula is C16H19N3O2. The van der Waals surface area contributed by atoms with Gasteiger partial charge in [-0.05, 0) is 49.4 Å². The number of hydrogen-bond acceptors (Lipinski definition) is 3. The molecule has 0 amide bonds. The molecule has 5 heteroatoms. The maximum absolute atomic E-state index is 11.5. The Morgan fingerprint density at radius 1 is 1.48 bits per heavy atom. The fourth-order valence-corrected chi connectivity index (χ4v) is 3.14. The second-order valence-corrected chi connectivity index (χ2v) is 5.53. The van der Waals surface area contributed by atoms with Gasteiger partial charge in [-0.2, -0.15) is 5.10 Å². The van der Waals surface area contributed by atoms with Crippen LogP contribution in [0.15, 0.2) is 30.5 Å². The molecule has 5 nitrogen and oxygen atoms in total. The van der Waals surface area contributed by atoms with Gasteiger partial charge in [-0.1, -0.05) is 12.1 Å². The van der Waals surface area contributed by atoms with Gasteiger partial charge in [0.1, 0.15) is 5.54 Å². The molecule has 2 aromatic rings. The van der Waals surface area contributed by atoms with Crippen LogP contribution in [0.5, 0.6) is 0 Å². The summed E-state index contributed by atoms with van der Waals surface area (Å²) in [4.78, 5) is 11.5. The number of nitrogens with two attached hydrogens (primary N) is 1. The molecule has 3 N–H and O–H groups in total. The third-order valence-corrected chi connectivity index (χ3v) is 4.30. The average Bonchev–Trinajstić information content (AvgIpc) is 2.95. The Bertz CT molecular complexity index is 693. The van der Waals surface area contributed by atoms with Crippen molar-refractivity contribution in [1.82, 2.24) is 9.78 Å². The molecule has 0 saturated carbocycles. The first kappa shape index (κ1) is 13.8. The lowest BCUT2D eigenvalue weighted by Crippen LogP contribution is -2.47. The third kappa shape index (κ3) is 2.14. The summed E-state index contributed by atoms with van der Waals surface area (Å²) in [5.41, 5.74) is 8.75. The second kappa shape index (κ2) is 5.00. The standard InChI is InChI=1S/C16H19N3O2/c1-2-19-14(7-9-18-19)12-5-6-13-11(10-12)4-3-8-16(13,17)15(20)21/h5-7,9-10H,2-4,8,17H2,1H3,(H,20,21). The fraction of sp³-hybridized carbons (Fsp3) is 0.375. The Morgan fingerprint density at radius 3 is 3.00 bits per heavy atom. The monoisotopic (exact) mass is 285 g/mol. The van der Waals surface area contributed by atoms with E-state index in [1.54, 1.807) is 6.20 Å². The van der Waals surface area contributed by atoms with E-state index in [-0.39, 0.29) is 0 Å². The molecule has 0 saturated heterocycles. The number of carboxylic acid groups (broad SMARTS) is 1. The molecule has 1 aliphatic carbocycles. The summed E-state index contributed by atoms with van der Waals surface area (Å²) in [5.74, 6) is -0.949. The lowest BCUT2D eigenvalue weighted by Gasteiger charge is -2.32. The summed E-state index contributed by atoms with van der Waals surface area (Å²) in [5, 5.41) is 13.7. The van der Waals surface area contributed by atoms with Gasteiger partial charge in [0.25, 0.3) is 0 Å². The SMILES string of the molecule is CCn1nccc1-c1ccc2c(c1)CCCC2(N)C(=O)O. The van der Waals surface area contributed by atoms with E-state index in [1.807, 2.05) is 29.8 Å². The zero-order chi connectivity index (χ0) is 15.0. The largest absolute Gasteiger partial charge is 0.480 e. The summed E-state index contributed by atoms with van der Waals surface area (Å²) >= 11 is 0. The van der Waals surface area contributed by atoms with E-state index in [0.717, 1.165) is 41.8 Å². The molecule has 0 bridgehead atoms. The van der Waals surface area contributed by atoms with Crippen molar-refractivity contribution >= 4 is 5.97 Å². The van der Waals surface area contributed by atoms with Crippen LogP contribution in [-0.2, 0) is 23.3 Å². The molecule has 21 heavy (non-hydrogen) atoms. The van der Waals surface area contributed by atoms with E-state index in [0.29, 0.717) is 6.42 Å². The number of aryl methyl sites for hydroxylation is 2. The number of nitrogens with zero attached hydrogens (tertiary/aromatic N) is 2. The fourth-order valence-electron chi connectivity index (χ4n) is 3.14. The molecule has 1 aromatic carbocycles. The first-order chi connectivity index (χ1) is 10.1. The lowest BCUT2D eigenvalue weighted by atomic mass is 9.76. The first-order valence-corrected chi connectivity index (χ1v) is 7.24. The zero-order valence-electron chi connectivity index (χ0n) is 12.0. The van der Waals surface area contributed by atoms with Crippen LogP contribution in [0.1, 0.15) is 30.9 Å². The predicted molar refractivity (Wildman–Crippen MR) is 79.8 cm³/mol. The van der Waals surface area contributed by atoms with Gasteiger partial charge in [0.2, 0.25) is 0 Å². The van der Waals surface area contributed by atoms with Crippen molar-refractivity contribution in [3.8, 4) is 11.3 Å². The van der Waals surface area contributed by atoms with Gasteiger partial charge in [-0.25, -0.2) is 4.79 Å². The quantitative estimate of drug-likeness (QED) is 0.905. The van der Waals surface area contributed by atoms with Crippen molar-refractivity contribution in [1.29, 1.82) is 0 Å². The van der Waals surface area contributed by atoms with Gasteiger partial charge in [0.05, 0.1) is 5.69 Å². The zero-order valence-corrected chi connectivity index (χ0v) is 12.0. The molecule has 3 rings (SSSR count). The molecule has 0 aliphatic heterocycles. The normalized spacial score (nSPS) is 21.0. The van der Waals surface area contributed by atoms with Crippen LogP contribution in [0.2, 0.25) is 0 Å². The molecule has 1 unspecified atom stereocenters. The molecule has 1 heterocycles. The van der Waals surface area contributed by atoms with E-state index in [4.69, 9.17) is 5.73 Å². The van der Waals surface area contributed by atoms with Crippen molar-refractivity contribution in [3.63, 3.8) is 0 Å². The molecule has 1 aliphatic rings.